The summed E-state index contributed by atoms with van der Waals surface area (Å²) in [5.74, 6) is -0.190. The Bertz CT molecular complexity index is 273. The summed E-state index contributed by atoms with van der Waals surface area (Å²) >= 11 is 0. The van der Waals surface area contributed by atoms with Crippen LogP contribution in [0.15, 0.2) is 0 Å². The largest absolute Gasteiger partial charge is 0.469 e. The SMILES string of the molecule is COC(=O)CC1(C(C)(C)N)CC(C)OC(C)C1. The predicted molar refractivity (Wildman–Crippen MR) is 66.6 cm³/mol. The van der Waals surface area contributed by atoms with Gasteiger partial charge < -0.3 is 15.2 Å². The monoisotopic (exact) mass is 243 g/mol. The van der Waals surface area contributed by atoms with Crippen molar-refractivity contribution in [2.75, 3.05) is 7.11 Å². The molecule has 0 radical (unpaired) electrons. The van der Waals surface area contributed by atoms with Crippen LogP contribution < -0.4 is 5.73 Å². The van der Waals surface area contributed by atoms with Gasteiger partial charge in [0.25, 0.3) is 0 Å². The lowest BCUT2D eigenvalue weighted by Gasteiger charge is -2.50. The first kappa shape index (κ1) is 14.5. The maximum atomic E-state index is 11.6. The molecule has 1 heterocycles. The van der Waals surface area contributed by atoms with Crippen molar-refractivity contribution in [2.24, 2.45) is 11.1 Å². The van der Waals surface area contributed by atoms with Crippen LogP contribution in [-0.4, -0.2) is 30.8 Å². The maximum Gasteiger partial charge on any atom is 0.306 e. The zero-order valence-corrected chi connectivity index (χ0v) is 11.6. The van der Waals surface area contributed by atoms with Gasteiger partial charge in [0.15, 0.2) is 0 Å². The van der Waals surface area contributed by atoms with Crippen molar-refractivity contribution in [3.05, 3.63) is 0 Å². The average molecular weight is 243 g/mol. The molecule has 0 aromatic heterocycles. The van der Waals surface area contributed by atoms with Gasteiger partial charge in [-0.25, -0.2) is 0 Å². The van der Waals surface area contributed by atoms with E-state index in [0.29, 0.717) is 6.42 Å². The van der Waals surface area contributed by atoms with E-state index in [1.165, 1.54) is 7.11 Å². The number of hydrogen-bond acceptors (Lipinski definition) is 4. The van der Waals surface area contributed by atoms with Crippen LogP contribution in [0.4, 0.5) is 0 Å². The molecule has 100 valence electrons. The minimum absolute atomic E-state index is 0.131. The van der Waals surface area contributed by atoms with E-state index < -0.39 is 5.54 Å². The number of methoxy groups -OCH3 is 1. The predicted octanol–water partition coefficient (Wildman–Crippen LogP) is 1.86. The van der Waals surface area contributed by atoms with E-state index >= 15 is 0 Å². The molecule has 17 heavy (non-hydrogen) atoms. The number of carbonyl (C=O) groups excluding carboxylic acids is 1. The average Bonchev–Trinajstić information content (AvgIpc) is 2.14. The van der Waals surface area contributed by atoms with E-state index in [-0.39, 0.29) is 23.6 Å². The normalized spacial score (nSPS) is 34.5. The van der Waals surface area contributed by atoms with Crippen molar-refractivity contribution in [1.82, 2.24) is 0 Å². The van der Waals surface area contributed by atoms with Crippen molar-refractivity contribution in [3.8, 4) is 0 Å². The van der Waals surface area contributed by atoms with Gasteiger partial charge in [0.1, 0.15) is 0 Å². The maximum absolute atomic E-state index is 11.6. The molecular weight excluding hydrogens is 218 g/mol. The van der Waals surface area contributed by atoms with Crippen LogP contribution in [0.2, 0.25) is 0 Å². The second kappa shape index (κ2) is 4.94. The second-order valence-corrected chi connectivity index (χ2v) is 5.92. The van der Waals surface area contributed by atoms with Gasteiger partial charge in [-0.15, -0.1) is 0 Å². The van der Waals surface area contributed by atoms with E-state index in [4.69, 9.17) is 15.2 Å². The molecule has 1 saturated heterocycles. The van der Waals surface area contributed by atoms with E-state index in [9.17, 15) is 4.79 Å². The smallest absolute Gasteiger partial charge is 0.306 e. The molecule has 0 amide bonds. The lowest BCUT2D eigenvalue weighted by molar-refractivity contribution is -0.153. The van der Waals surface area contributed by atoms with E-state index in [1.807, 2.05) is 27.7 Å². The molecule has 1 aliphatic heterocycles. The Labute approximate surface area is 104 Å². The summed E-state index contributed by atoms with van der Waals surface area (Å²) in [6, 6.07) is 0. The third-order valence-corrected chi connectivity index (χ3v) is 3.90. The zero-order chi connectivity index (χ0) is 13.3. The summed E-state index contributed by atoms with van der Waals surface area (Å²) in [6.07, 6.45) is 2.23. The number of ether oxygens (including phenoxy) is 2. The number of nitrogens with two attached hydrogens (primary N) is 1. The lowest BCUT2D eigenvalue weighted by atomic mass is 9.62. The fraction of sp³-hybridized carbons (Fsp3) is 0.923. The molecule has 2 atom stereocenters. The van der Waals surface area contributed by atoms with Crippen LogP contribution in [0.5, 0.6) is 0 Å². The minimum atomic E-state index is -0.423. The van der Waals surface area contributed by atoms with Gasteiger partial charge >= 0.3 is 5.97 Å². The first-order valence-corrected chi connectivity index (χ1v) is 6.21. The van der Waals surface area contributed by atoms with E-state index in [0.717, 1.165) is 12.8 Å². The molecule has 0 aliphatic carbocycles. The Balaban J connectivity index is 2.97. The van der Waals surface area contributed by atoms with Gasteiger partial charge in [0.2, 0.25) is 0 Å². The molecule has 1 fully saturated rings. The lowest BCUT2D eigenvalue weighted by Crippen LogP contribution is -2.57. The summed E-state index contributed by atoms with van der Waals surface area (Å²) in [7, 11) is 1.42. The summed E-state index contributed by atoms with van der Waals surface area (Å²) in [4.78, 5) is 11.6. The first-order chi connectivity index (χ1) is 7.70. The molecule has 4 heteroatoms. The van der Waals surface area contributed by atoms with Gasteiger partial charge in [-0.05, 0) is 40.5 Å². The Morgan fingerprint density at radius 3 is 2.24 bits per heavy atom. The van der Waals surface area contributed by atoms with Gasteiger partial charge in [0.05, 0.1) is 25.7 Å². The number of esters is 1. The molecule has 0 spiro atoms. The number of rotatable bonds is 3. The van der Waals surface area contributed by atoms with Crippen molar-refractivity contribution in [2.45, 2.75) is 64.7 Å². The minimum Gasteiger partial charge on any atom is -0.469 e. The van der Waals surface area contributed by atoms with Gasteiger partial charge in [-0.2, -0.15) is 0 Å². The molecule has 4 nitrogen and oxygen atoms in total. The fourth-order valence-corrected chi connectivity index (χ4v) is 2.92. The van der Waals surface area contributed by atoms with Crippen molar-refractivity contribution in [3.63, 3.8) is 0 Å². The first-order valence-electron chi connectivity index (χ1n) is 6.21. The highest BCUT2D eigenvalue weighted by Crippen LogP contribution is 2.46. The van der Waals surface area contributed by atoms with Crippen molar-refractivity contribution < 1.29 is 14.3 Å². The quantitative estimate of drug-likeness (QED) is 0.769. The zero-order valence-electron chi connectivity index (χ0n) is 11.6. The van der Waals surface area contributed by atoms with Crippen LogP contribution in [0.3, 0.4) is 0 Å². The molecule has 0 bridgehead atoms. The summed E-state index contributed by atoms with van der Waals surface area (Å²) in [5, 5.41) is 0. The highest BCUT2D eigenvalue weighted by Gasteiger charge is 2.48. The van der Waals surface area contributed by atoms with Crippen LogP contribution in [0.1, 0.15) is 47.0 Å². The molecule has 0 saturated carbocycles. The van der Waals surface area contributed by atoms with E-state index in [2.05, 4.69) is 0 Å². The molecule has 2 unspecified atom stereocenters. The van der Waals surface area contributed by atoms with Crippen molar-refractivity contribution >= 4 is 5.97 Å². The third kappa shape index (κ3) is 3.19. The van der Waals surface area contributed by atoms with Crippen LogP contribution in [-0.2, 0) is 14.3 Å². The molecule has 1 aliphatic rings. The summed E-state index contributed by atoms with van der Waals surface area (Å²) in [5.41, 5.74) is 5.65. The Hall–Kier alpha value is -0.610. The van der Waals surface area contributed by atoms with Crippen LogP contribution in [0.25, 0.3) is 0 Å². The van der Waals surface area contributed by atoms with Gasteiger partial charge in [-0.3, -0.25) is 4.79 Å². The third-order valence-electron chi connectivity index (χ3n) is 3.90. The highest BCUT2D eigenvalue weighted by molar-refractivity contribution is 5.70. The highest BCUT2D eigenvalue weighted by atomic mass is 16.5. The summed E-state index contributed by atoms with van der Waals surface area (Å²) < 4.78 is 10.6. The van der Waals surface area contributed by atoms with Crippen LogP contribution in [0, 0.1) is 5.41 Å². The Morgan fingerprint density at radius 1 is 1.41 bits per heavy atom. The Kier molecular flexibility index (Phi) is 4.20. The molecule has 0 aromatic carbocycles. The van der Waals surface area contributed by atoms with Crippen molar-refractivity contribution in [1.29, 1.82) is 0 Å². The van der Waals surface area contributed by atoms with Gasteiger partial charge in [-0.1, -0.05) is 0 Å². The molecule has 1 rings (SSSR count). The molecule has 2 N–H and O–H groups in total. The van der Waals surface area contributed by atoms with Gasteiger partial charge in [0, 0.05) is 11.0 Å². The molecular formula is C13H25NO3. The standard InChI is InChI=1S/C13H25NO3/c1-9-6-13(12(3,4)14,7-10(2)17-9)8-11(15)16-5/h9-10H,6-8,14H2,1-5H3. The fourth-order valence-electron chi connectivity index (χ4n) is 2.92. The molecule has 0 aromatic rings. The summed E-state index contributed by atoms with van der Waals surface area (Å²) in [6.45, 7) is 8.04. The topological polar surface area (TPSA) is 61.5 Å². The number of hydrogen-bond donors (Lipinski definition) is 1. The van der Waals surface area contributed by atoms with E-state index in [1.54, 1.807) is 0 Å². The number of carbonyl (C=O) groups is 1. The second-order valence-electron chi connectivity index (χ2n) is 5.92. The Morgan fingerprint density at radius 2 is 1.88 bits per heavy atom. The van der Waals surface area contributed by atoms with Crippen LogP contribution >= 0.6 is 0 Å².